The van der Waals surface area contributed by atoms with Gasteiger partial charge in [-0.15, -0.1) is 0 Å². The predicted octanol–water partition coefficient (Wildman–Crippen LogP) is -2.61. The first-order chi connectivity index (χ1) is 2.00. The van der Waals surface area contributed by atoms with Crippen LogP contribution in [-0.2, 0) is 0 Å². The van der Waals surface area contributed by atoms with Crippen molar-refractivity contribution in [3.05, 3.63) is 0 Å². The molecule has 40 valence electrons. The van der Waals surface area contributed by atoms with Crippen molar-refractivity contribution in [3.63, 3.8) is 0 Å². The van der Waals surface area contributed by atoms with E-state index in [4.69, 9.17) is 19.2 Å². The van der Waals surface area contributed by atoms with Crippen LogP contribution in [-0.4, -0.2) is 28.2 Å². The molecule has 0 aliphatic rings. The van der Waals surface area contributed by atoms with Gasteiger partial charge in [0.2, 0.25) is 0 Å². The maximum atomic E-state index is 7.33. The van der Waals surface area contributed by atoms with Crippen LogP contribution in [0.2, 0.25) is 0 Å². The van der Waals surface area contributed by atoms with Crippen LogP contribution in [0, 0.1) is 0 Å². The van der Waals surface area contributed by atoms with Crippen molar-refractivity contribution < 1.29 is 19.2 Å². The molecule has 0 bridgehead atoms. The summed E-state index contributed by atoms with van der Waals surface area (Å²) in [5.41, 5.74) is 0. The fourth-order valence-corrected chi connectivity index (χ4v) is 0. The molecule has 0 unspecified atom stereocenters. The number of rotatable bonds is 0. The summed E-state index contributed by atoms with van der Waals surface area (Å²) < 4.78 is 0. The summed E-state index contributed by atoms with van der Waals surface area (Å²) in [4.78, 5) is 29.3. The van der Waals surface area contributed by atoms with Gasteiger partial charge in [0.1, 0.15) is 0 Å². The molecule has 0 saturated heterocycles. The molecule has 0 radical (unpaired) electrons. The predicted molar refractivity (Wildman–Crippen MR) is 14.6 cm³/mol. The van der Waals surface area contributed by atoms with Crippen molar-refractivity contribution >= 4 is 9.05 Å². The van der Waals surface area contributed by atoms with Gasteiger partial charge in [-0.25, -0.2) is 0 Å². The zero-order valence-corrected chi connectivity index (χ0v) is 31.7. The van der Waals surface area contributed by atoms with E-state index in [9.17, 15) is 0 Å². The normalized spacial score (nSPS) is 6.67. The van der Waals surface area contributed by atoms with E-state index >= 15 is 0 Å². The second kappa shape index (κ2) is 8.96. The molecule has 0 fully saturated rings. The minimum Gasteiger partial charge on any atom is -0.368 e. The van der Waals surface area contributed by atoms with Gasteiger partial charge >= 0.3 is 9.05 Å². The van der Waals surface area contributed by atoms with E-state index in [0.29, 0.717) is 0 Å². The van der Waals surface area contributed by atoms with Crippen LogP contribution in [0.1, 0.15) is 0 Å². The summed E-state index contributed by atoms with van der Waals surface area (Å²) in [6.07, 6.45) is 0. The van der Waals surface area contributed by atoms with Crippen LogP contribution in [0.4, 0.5) is 0 Å². The van der Waals surface area contributed by atoms with Crippen molar-refractivity contribution in [2.75, 3.05) is 0 Å². The van der Waals surface area contributed by atoms with E-state index in [1.165, 1.54) is 0 Å². The summed E-state index contributed by atoms with van der Waals surface area (Å²) in [5.74, 6) is 0. The summed E-state index contributed by atoms with van der Waals surface area (Å²) in [6, 6.07) is 0. The van der Waals surface area contributed by atoms with Gasteiger partial charge < -0.3 is 19.2 Å². The number of hydrogen-bond acceptors (Lipinski definition) is 4. The van der Waals surface area contributed by atoms with Gasteiger partial charge in [0.05, 0.1) is 0 Å². The van der Waals surface area contributed by atoms with Crippen LogP contribution in [0.5, 0.6) is 0 Å². The molecule has 0 aromatic rings. The maximum absolute atomic E-state index is 7.33. The third-order valence-corrected chi connectivity index (χ3v) is 0. The molecule has 0 aliphatic carbocycles. The monoisotopic (exact) mass is 1160 g/mol. The summed E-state index contributed by atoms with van der Waals surface area (Å²) in [5, 5.41) is 0. The maximum Gasteiger partial charge on any atom is 0.668 e. The minimum absolute atomic E-state index is 0. The molecule has 0 aromatic heterocycles. The molecule has 4 nitrogen and oxygen atoms in total. The molecule has 9 heteroatoms. The van der Waals surface area contributed by atoms with Crippen LogP contribution in [0.3, 0.4) is 0 Å². The average molecular weight is 1160 g/mol. The standard InChI is InChI=1S/H4O4Si.4Rf/c1-5(2,3)4;;;;/h1-4H;;;;. The van der Waals surface area contributed by atoms with Gasteiger partial charge in [-0.2, -0.15) is 0 Å². The smallest absolute Gasteiger partial charge is 0.368 e. The Labute approximate surface area is 29.4 Å². The van der Waals surface area contributed by atoms with Gasteiger partial charge in [0.25, 0.3) is 0 Å². The van der Waals surface area contributed by atoms with E-state index in [0.717, 1.165) is 0 Å². The van der Waals surface area contributed by atoms with Crippen molar-refractivity contribution in [3.8, 4) is 0 Å². The fraction of sp³-hybridized carbons (Fsp3) is 0. The Morgan fingerprint density at radius 3 is 0.556 bits per heavy atom. The molecule has 0 aromatic carbocycles. The number of hydrogen-bond donors (Lipinski definition) is 4. The van der Waals surface area contributed by atoms with E-state index < -0.39 is 9.05 Å². The quantitative estimate of drug-likeness (QED) is 0.201. The van der Waals surface area contributed by atoms with Gasteiger partial charge in [-0.05, 0) is 0 Å². The molecule has 0 heterocycles. The molecule has 0 rings (SSSR count). The Morgan fingerprint density at radius 1 is 0.556 bits per heavy atom. The van der Waals surface area contributed by atoms with E-state index in [-0.39, 0.29) is 0 Å². The van der Waals surface area contributed by atoms with Crippen molar-refractivity contribution in [1.82, 2.24) is 0 Å². The Balaban J connectivity index is -0.0000000133. The Hall–Kier alpha value is -3.94. The average Bonchev–Trinajstić information content (AvgIpc) is 0.722. The van der Waals surface area contributed by atoms with Gasteiger partial charge in [-0.1, -0.05) is 0 Å². The van der Waals surface area contributed by atoms with Crippen LogP contribution in [0.15, 0.2) is 0 Å². The van der Waals surface area contributed by atoms with E-state index in [1.54, 1.807) is 0 Å². The minimum atomic E-state index is -4.61. The van der Waals surface area contributed by atoms with Gasteiger partial charge in [0.15, 0.2) is 0 Å². The topological polar surface area (TPSA) is 80.9 Å². The molecule has 0 saturated carbocycles. The first-order valence-electron chi connectivity index (χ1n) is 0.894. The fourth-order valence-electron chi connectivity index (χ4n) is 0. The molecule has 0 atom stereocenters. The Bertz CT molecular complexity index is 28.0. The van der Waals surface area contributed by atoms with Crippen LogP contribution < -0.4 is 0 Å². The molecule has 0 spiro atoms. The second-order valence-corrected chi connectivity index (χ2v) is 1.80. The Morgan fingerprint density at radius 2 is 0.556 bits per heavy atom. The molecule has 0 amide bonds. The van der Waals surface area contributed by atoms with Gasteiger partial charge in [-0.3, -0.25) is 0 Å². The summed E-state index contributed by atoms with van der Waals surface area (Å²) >= 11 is 0. The van der Waals surface area contributed by atoms with Crippen molar-refractivity contribution in [1.29, 1.82) is 0 Å². The van der Waals surface area contributed by atoms with E-state index in [1.807, 2.05) is 0 Å². The molecular formula is H4O4Rf4Si. The summed E-state index contributed by atoms with van der Waals surface area (Å²) in [7, 11) is -4.61. The zero-order valence-electron chi connectivity index (χ0n) is 5.12. The SMILES string of the molecule is O[Si](O)(O)O.[Rf].[Rf].[Rf].[Rf]. The van der Waals surface area contributed by atoms with E-state index in [2.05, 4.69) is 0 Å². The molecular weight excluding hydrogens is 1160 g/mol. The molecule has 9 heavy (non-hydrogen) atoms. The van der Waals surface area contributed by atoms with Crippen molar-refractivity contribution in [2.45, 2.75) is 0 Å². The van der Waals surface area contributed by atoms with Crippen molar-refractivity contribution in [2.24, 2.45) is 0 Å². The van der Waals surface area contributed by atoms with Gasteiger partial charge in [0, 0.05) is 0 Å². The largest absolute Gasteiger partial charge is 0.668 e. The first-order valence-corrected chi connectivity index (χ1v) is 2.68. The van der Waals surface area contributed by atoms with Crippen LogP contribution in [0.25, 0.3) is 0 Å². The third kappa shape index (κ3) is 1.10. The van der Waals surface area contributed by atoms with Crippen LogP contribution >= 0.6 is 0 Å². The molecule has 0 aliphatic heterocycles. The first kappa shape index (κ1) is 25700. The zero-order chi connectivity index (χ0) is 4.50. The molecule has 4 N–H and O–H groups in total. The third-order valence-electron chi connectivity index (χ3n) is 0. The second-order valence-electron chi connectivity index (χ2n) is 0.600. The summed E-state index contributed by atoms with van der Waals surface area (Å²) in [6.45, 7) is 0. The Kier molecular flexibility index (Phi) is 25600.